The van der Waals surface area contributed by atoms with E-state index in [1.807, 2.05) is 14.0 Å². The van der Waals surface area contributed by atoms with E-state index in [0.717, 1.165) is 31.5 Å². The third-order valence-electron chi connectivity index (χ3n) is 3.92. The predicted octanol–water partition coefficient (Wildman–Crippen LogP) is 1.46. The summed E-state index contributed by atoms with van der Waals surface area (Å²) in [5.74, 6) is 0.812. The molecule has 0 aromatic carbocycles. The molecule has 0 spiro atoms. The fourth-order valence-electron chi connectivity index (χ4n) is 2.88. The van der Waals surface area contributed by atoms with Crippen molar-refractivity contribution in [1.82, 2.24) is 14.8 Å². The molecule has 0 bridgehead atoms. The molecule has 1 aliphatic rings. The highest BCUT2D eigenvalue weighted by molar-refractivity contribution is 4.97. The van der Waals surface area contributed by atoms with E-state index in [1.54, 1.807) is 4.68 Å². The largest absolute Gasteiger partial charge is 0.390 e. The minimum atomic E-state index is -0.499. The maximum atomic E-state index is 10.5. The standard InChI is InChI=1S/C13H23N3O2/c1-3-18-13(7-5-4-6-8-13)11(17)9-12-14-10-15-16(12)2/h10-11,17H,3-9H2,1-2H3. The van der Waals surface area contributed by atoms with Crippen LogP contribution in [0, 0.1) is 0 Å². The zero-order valence-corrected chi connectivity index (χ0v) is 11.3. The van der Waals surface area contributed by atoms with Gasteiger partial charge < -0.3 is 9.84 Å². The van der Waals surface area contributed by atoms with Gasteiger partial charge in [-0.05, 0) is 19.8 Å². The van der Waals surface area contributed by atoms with Crippen LogP contribution in [0.25, 0.3) is 0 Å². The van der Waals surface area contributed by atoms with Gasteiger partial charge in [-0.1, -0.05) is 19.3 Å². The lowest BCUT2D eigenvalue weighted by atomic mass is 9.79. The molecular formula is C13H23N3O2. The smallest absolute Gasteiger partial charge is 0.138 e. The summed E-state index contributed by atoms with van der Waals surface area (Å²) in [7, 11) is 1.85. The maximum Gasteiger partial charge on any atom is 0.138 e. The van der Waals surface area contributed by atoms with Crippen LogP contribution in [0.15, 0.2) is 6.33 Å². The first-order valence-electron chi connectivity index (χ1n) is 6.83. The van der Waals surface area contributed by atoms with Crippen LogP contribution >= 0.6 is 0 Å². The Bertz CT molecular complexity index is 367. The van der Waals surface area contributed by atoms with Crippen LogP contribution in [0.3, 0.4) is 0 Å². The van der Waals surface area contributed by atoms with Gasteiger partial charge in [0.1, 0.15) is 12.2 Å². The lowest BCUT2D eigenvalue weighted by Crippen LogP contribution is -2.48. The summed E-state index contributed by atoms with van der Waals surface area (Å²) in [5.41, 5.74) is -0.376. The van der Waals surface area contributed by atoms with Gasteiger partial charge in [0.25, 0.3) is 0 Å². The average molecular weight is 253 g/mol. The Balaban J connectivity index is 2.08. The minimum absolute atomic E-state index is 0.376. The monoisotopic (exact) mass is 253 g/mol. The SMILES string of the molecule is CCOC1(C(O)Cc2ncnn2C)CCCCC1. The van der Waals surface area contributed by atoms with E-state index in [2.05, 4.69) is 10.1 Å². The van der Waals surface area contributed by atoms with Gasteiger partial charge in [0.2, 0.25) is 0 Å². The molecule has 1 fully saturated rings. The lowest BCUT2D eigenvalue weighted by Gasteiger charge is -2.40. The van der Waals surface area contributed by atoms with E-state index in [1.165, 1.54) is 12.7 Å². The highest BCUT2D eigenvalue weighted by Gasteiger charge is 2.40. The molecule has 1 atom stereocenters. The summed E-state index contributed by atoms with van der Waals surface area (Å²) in [6.07, 6.45) is 6.93. The van der Waals surface area contributed by atoms with Crippen LogP contribution in [0.5, 0.6) is 0 Å². The molecule has 5 heteroatoms. The van der Waals surface area contributed by atoms with E-state index in [-0.39, 0.29) is 5.60 Å². The molecule has 1 unspecified atom stereocenters. The van der Waals surface area contributed by atoms with Gasteiger partial charge in [0, 0.05) is 20.1 Å². The van der Waals surface area contributed by atoms with E-state index in [0.29, 0.717) is 13.0 Å². The second kappa shape index (κ2) is 5.80. The minimum Gasteiger partial charge on any atom is -0.390 e. The number of ether oxygens (including phenoxy) is 1. The van der Waals surface area contributed by atoms with Crippen molar-refractivity contribution in [2.75, 3.05) is 6.61 Å². The van der Waals surface area contributed by atoms with Crippen molar-refractivity contribution >= 4 is 0 Å². The molecule has 102 valence electrons. The number of rotatable bonds is 5. The van der Waals surface area contributed by atoms with Crippen molar-refractivity contribution in [3.8, 4) is 0 Å². The Morgan fingerprint density at radius 3 is 2.72 bits per heavy atom. The second-order valence-corrected chi connectivity index (χ2v) is 5.08. The molecular weight excluding hydrogens is 230 g/mol. The third kappa shape index (κ3) is 2.72. The Morgan fingerprint density at radius 1 is 1.44 bits per heavy atom. The zero-order valence-electron chi connectivity index (χ0n) is 11.3. The van der Waals surface area contributed by atoms with Crippen molar-refractivity contribution < 1.29 is 9.84 Å². The summed E-state index contributed by atoms with van der Waals surface area (Å²) in [4.78, 5) is 4.18. The number of nitrogens with zero attached hydrogens (tertiary/aromatic N) is 3. The molecule has 0 aliphatic heterocycles. The first-order chi connectivity index (χ1) is 8.68. The molecule has 1 aromatic rings. The van der Waals surface area contributed by atoms with Gasteiger partial charge in [0.15, 0.2) is 0 Å². The van der Waals surface area contributed by atoms with Crippen LogP contribution in [0.4, 0.5) is 0 Å². The normalized spacial score (nSPS) is 20.8. The van der Waals surface area contributed by atoms with E-state index in [9.17, 15) is 5.11 Å². The summed E-state index contributed by atoms with van der Waals surface area (Å²) in [6.45, 7) is 2.64. The molecule has 0 amide bonds. The van der Waals surface area contributed by atoms with Crippen molar-refractivity contribution in [2.45, 2.75) is 57.2 Å². The van der Waals surface area contributed by atoms with Crippen molar-refractivity contribution in [3.05, 3.63) is 12.2 Å². The second-order valence-electron chi connectivity index (χ2n) is 5.08. The molecule has 1 aliphatic carbocycles. The van der Waals surface area contributed by atoms with Gasteiger partial charge in [-0.15, -0.1) is 0 Å². The highest BCUT2D eigenvalue weighted by atomic mass is 16.5. The molecule has 18 heavy (non-hydrogen) atoms. The summed E-state index contributed by atoms with van der Waals surface area (Å²) in [6, 6.07) is 0. The topological polar surface area (TPSA) is 60.2 Å². The van der Waals surface area contributed by atoms with E-state index < -0.39 is 6.10 Å². The van der Waals surface area contributed by atoms with Crippen LogP contribution in [-0.2, 0) is 18.2 Å². The fourth-order valence-corrected chi connectivity index (χ4v) is 2.88. The van der Waals surface area contributed by atoms with Crippen LogP contribution in [0.1, 0.15) is 44.9 Å². The van der Waals surface area contributed by atoms with Crippen molar-refractivity contribution in [3.63, 3.8) is 0 Å². The summed E-state index contributed by atoms with van der Waals surface area (Å²) >= 11 is 0. The Hall–Kier alpha value is -0.940. The van der Waals surface area contributed by atoms with Crippen molar-refractivity contribution in [1.29, 1.82) is 0 Å². The Labute approximate surface area is 108 Å². The molecule has 2 rings (SSSR count). The van der Waals surface area contributed by atoms with Gasteiger partial charge >= 0.3 is 0 Å². The number of aryl methyl sites for hydroxylation is 1. The van der Waals surface area contributed by atoms with Crippen LogP contribution < -0.4 is 0 Å². The predicted molar refractivity (Wildman–Crippen MR) is 68.2 cm³/mol. The average Bonchev–Trinajstić information content (AvgIpc) is 2.76. The Morgan fingerprint density at radius 2 is 2.17 bits per heavy atom. The third-order valence-corrected chi connectivity index (χ3v) is 3.92. The molecule has 1 saturated carbocycles. The number of hydrogen-bond donors (Lipinski definition) is 1. The van der Waals surface area contributed by atoms with E-state index in [4.69, 9.17) is 4.74 Å². The first-order valence-corrected chi connectivity index (χ1v) is 6.83. The molecule has 1 heterocycles. The molecule has 1 N–H and O–H groups in total. The summed E-state index contributed by atoms with van der Waals surface area (Å²) in [5, 5.41) is 14.6. The summed E-state index contributed by atoms with van der Waals surface area (Å²) < 4.78 is 7.63. The molecule has 1 aromatic heterocycles. The molecule has 5 nitrogen and oxygen atoms in total. The number of aliphatic hydroxyl groups excluding tert-OH is 1. The fraction of sp³-hybridized carbons (Fsp3) is 0.846. The number of hydrogen-bond acceptors (Lipinski definition) is 4. The Kier molecular flexibility index (Phi) is 4.35. The lowest BCUT2D eigenvalue weighted by molar-refractivity contribution is -0.139. The van der Waals surface area contributed by atoms with Crippen molar-refractivity contribution in [2.24, 2.45) is 7.05 Å². The van der Waals surface area contributed by atoms with Gasteiger partial charge in [0.05, 0.1) is 11.7 Å². The maximum absolute atomic E-state index is 10.5. The number of aromatic nitrogens is 3. The van der Waals surface area contributed by atoms with E-state index >= 15 is 0 Å². The molecule has 0 saturated heterocycles. The van der Waals surface area contributed by atoms with Crippen LogP contribution in [0.2, 0.25) is 0 Å². The zero-order chi connectivity index (χ0) is 13.0. The quantitative estimate of drug-likeness (QED) is 0.863. The number of aliphatic hydroxyl groups is 1. The van der Waals surface area contributed by atoms with Gasteiger partial charge in [-0.3, -0.25) is 4.68 Å². The first kappa shape index (κ1) is 13.5. The molecule has 0 radical (unpaired) electrons. The van der Waals surface area contributed by atoms with Gasteiger partial charge in [-0.25, -0.2) is 4.98 Å². The van der Waals surface area contributed by atoms with Gasteiger partial charge in [-0.2, -0.15) is 5.10 Å². The van der Waals surface area contributed by atoms with Crippen LogP contribution in [-0.4, -0.2) is 38.2 Å². The highest BCUT2D eigenvalue weighted by Crippen LogP contribution is 2.35.